The smallest absolute Gasteiger partial charge is 0.201 e. The molecule has 90 valence electrons. The van der Waals surface area contributed by atoms with Gasteiger partial charge in [-0.05, 0) is 12.1 Å². The Morgan fingerprint density at radius 3 is 3.29 bits per heavy atom. The lowest BCUT2D eigenvalue weighted by atomic mass is 10.2. The van der Waals surface area contributed by atoms with Crippen molar-refractivity contribution in [3.8, 4) is 5.06 Å². The van der Waals surface area contributed by atoms with E-state index in [1.165, 1.54) is 11.5 Å². The van der Waals surface area contributed by atoms with Gasteiger partial charge >= 0.3 is 0 Å². The minimum Gasteiger partial charge on any atom is -0.480 e. The maximum absolute atomic E-state index is 5.79. The van der Waals surface area contributed by atoms with Gasteiger partial charge < -0.3 is 14.8 Å². The van der Waals surface area contributed by atoms with Gasteiger partial charge in [0.05, 0.1) is 17.5 Å². The van der Waals surface area contributed by atoms with Gasteiger partial charge in [0.25, 0.3) is 0 Å². The van der Waals surface area contributed by atoms with Crippen LogP contribution < -0.4 is 10.1 Å². The molecular formula is C12H14N2O2S. The molecule has 1 fully saturated rings. The van der Waals surface area contributed by atoms with Gasteiger partial charge in [0.15, 0.2) is 0 Å². The van der Waals surface area contributed by atoms with Gasteiger partial charge in [-0.2, -0.15) is 4.37 Å². The van der Waals surface area contributed by atoms with Gasteiger partial charge in [0.1, 0.15) is 12.7 Å². The average Bonchev–Trinajstić information content (AvgIpc) is 2.81. The van der Waals surface area contributed by atoms with Crippen molar-refractivity contribution >= 4 is 22.4 Å². The predicted octanol–water partition coefficient (Wildman–Crippen LogP) is 1.66. The lowest BCUT2D eigenvalue weighted by molar-refractivity contribution is 0.00125. The van der Waals surface area contributed by atoms with Crippen LogP contribution in [0.15, 0.2) is 24.3 Å². The number of aromatic nitrogens is 1. The van der Waals surface area contributed by atoms with Gasteiger partial charge in [-0.3, -0.25) is 0 Å². The van der Waals surface area contributed by atoms with Crippen LogP contribution in [0.1, 0.15) is 0 Å². The largest absolute Gasteiger partial charge is 0.480 e. The van der Waals surface area contributed by atoms with Gasteiger partial charge in [-0.25, -0.2) is 0 Å². The molecular weight excluding hydrogens is 236 g/mol. The molecule has 1 N–H and O–H groups in total. The quantitative estimate of drug-likeness (QED) is 0.900. The van der Waals surface area contributed by atoms with Crippen molar-refractivity contribution in [3.63, 3.8) is 0 Å². The Morgan fingerprint density at radius 1 is 1.47 bits per heavy atom. The second-order valence-corrected chi connectivity index (χ2v) is 4.73. The van der Waals surface area contributed by atoms with Crippen molar-refractivity contribution in [2.45, 2.75) is 6.10 Å². The fourth-order valence-electron chi connectivity index (χ4n) is 1.87. The molecule has 1 saturated heterocycles. The zero-order valence-corrected chi connectivity index (χ0v) is 10.2. The van der Waals surface area contributed by atoms with Crippen LogP contribution in [-0.2, 0) is 4.74 Å². The number of ether oxygens (including phenoxy) is 2. The van der Waals surface area contributed by atoms with Crippen LogP contribution in [0.4, 0.5) is 0 Å². The van der Waals surface area contributed by atoms with E-state index >= 15 is 0 Å². The van der Waals surface area contributed by atoms with E-state index in [4.69, 9.17) is 9.47 Å². The van der Waals surface area contributed by atoms with E-state index < -0.39 is 0 Å². The summed E-state index contributed by atoms with van der Waals surface area (Å²) in [4.78, 5) is 0. The second kappa shape index (κ2) is 5.00. The Morgan fingerprint density at radius 2 is 2.41 bits per heavy atom. The monoisotopic (exact) mass is 250 g/mol. The van der Waals surface area contributed by atoms with Crippen LogP contribution in [0.5, 0.6) is 5.06 Å². The SMILES string of the molecule is c1ccc2c(OCC3CNCCO3)snc2c1. The van der Waals surface area contributed by atoms with Crippen LogP contribution in [0, 0.1) is 0 Å². The van der Waals surface area contributed by atoms with Crippen LogP contribution in [0.25, 0.3) is 10.9 Å². The van der Waals surface area contributed by atoms with E-state index in [-0.39, 0.29) is 6.10 Å². The van der Waals surface area contributed by atoms with Crippen molar-refractivity contribution in [3.05, 3.63) is 24.3 Å². The first-order chi connectivity index (χ1) is 8.43. The predicted molar refractivity (Wildman–Crippen MR) is 67.7 cm³/mol. The average molecular weight is 250 g/mol. The molecule has 3 rings (SSSR count). The molecule has 0 bridgehead atoms. The third-order valence-electron chi connectivity index (χ3n) is 2.76. The Kier molecular flexibility index (Phi) is 3.22. The maximum Gasteiger partial charge on any atom is 0.201 e. The zero-order chi connectivity index (χ0) is 11.5. The third-order valence-corrected chi connectivity index (χ3v) is 3.55. The lowest BCUT2D eigenvalue weighted by Crippen LogP contribution is -2.41. The molecule has 4 nitrogen and oxygen atoms in total. The molecule has 5 heteroatoms. The number of fused-ring (bicyclic) bond motifs is 1. The molecule has 0 spiro atoms. The zero-order valence-electron chi connectivity index (χ0n) is 9.39. The number of nitrogens with zero attached hydrogens (tertiary/aromatic N) is 1. The van der Waals surface area contributed by atoms with Gasteiger partial charge in [-0.15, -0.1) is 0 Å². The van der Waals surface area contributed by atoms with Gasteiger partial charge in [-0.1, -0.05) is 12.1 Å². The Balaban J connectivity index is 1.68. The topological polar surface area (TPSA) is 43.4 Å². The molecule has 1 atom stereocenters. The summed E-state index contributed by atoms with van der Waals surface area (Å²) in [6.45, 7) is 3.13. The Labute approximate surface area is 104 Å². The van der Waals surface area contributed by atoms with E-state index in [0.717, 1.165) is 35.7 Å². The summed E-state index contributed by atoms with van der Waals surface area (Å²) in [6.07, 6.45) is 0.143. The Bertz CT molecular complexity index is 494. The number of rotatable bonds is 3. The summed E-state index contributed by atoms with van der Waals surface area (Å²) in [5.41, 5.74) is 0.996. The lowest BCUT2D eigenvalue weighted by Gasteiger charge is -2.23. The van der Waals surface area contributed by atoms with Crippen molar-refractivity contribution < 1.29 is 9.47 Å². The number of hydrogen-bond donors (Lipinski definition) is 1. The molecule has 0 amide bonds. The highest BCUT2D eigenvalue weighted by molar-refractivity contribution is 7.09. The highest BCUT2D eigenvalue weighted by atomic mass is 32.1. The molecule has 1 aliphatic rings. The standard InChI is InChI=1S/C12H14N2O2S/c1-2-4-11-10(3-1)12(17-14-11)16-8-9-7-13-5-6-15-9/h1-4,9,13H,5-8H2. The number of benzene rings is 1. The first-order valence-corrected chi connectivity index (χ1v) is 6.50. The molecule has 1 aliphatic heterocycles. The van der Waals surface area contributed by atoms with Crippen LogP contribution >= 0.6 is 11.5 Å². The van der Waals surface area contributed by atoms with E-state index in [2.05, 4.69) is 9.69 Å². The first-order valence-electron chi connectivity index (χ1n) is 5.73. The maximum atomic E-state index is 5.79. The summed E-state index contributed by atoms with van der Waals surface area (Å²) >= 11 is 1.40. The van der Waals surface area contributed by atoms with Crippen molar-refractivity contribution in [2.75, 3.05) is 26.3 Å². The van der Waals surface area contributed by atoms with Crippen LogP contribution in [0.3, 0.4) is 0 Å². The summed E-state index contributed by atoms with van der Waals surface area (Å²) in [5.74, 6) is 0. The fourth-order valence-corrected chi connectivity index (χ4v) is 2.60. The minimum absolute atomic E-state index is 0.143. The van der Waals surface area contributed by atoms with Crippen LogP contribution in [0.2, 0.25) is 0 Å². The summed E-state index contributed by atoms with van der Waals surface area (Å²) in [5, 5.41) is 5.25. The van der Waals surface area contributed by atoms with E-state index in [9.17, 15) is 0 Å². The van der Waals surface area contributed by atoms with E-state index in [0.29, 0.717) is 6.61 Å². The fraction of sp³-hybridized carbons (Fsp3) is 0.417. The highest BCUT2D eigenvalue weighted by Crippen LogP contribution is 2.29. The normalized spacial score (nSPS) is 20.6. The van der Waals surface area contributed by atoms with Crippen molar-refractivity contribution in [1.29, 1.82) is 0 Å². The summed E-state index contributed by atoms with van der Waals surface area (Å²) in [7, 11) is 0. The minimum atomic E-state index is 0.143. The van der Waals surface area contributed by atoms with E-state index in [1.54, 1.807) is 0 Å². The molecule has 0 aliphatic carbocycles. The van der Waals surface area contributed by atoms with Gasteiger partial charge in [0, 0.05) is 24.6 Å². The number of hydrogen-bond acceptors (Lipinski definition) is 5. The molecule has 17 heavy (non-hydrogen) atoms. The molecule has 0 saturated carbocycles. The van der Waals surface area contributed by atoms with Crippen molar-refractivity contribution in [2.24, 2.45) is 0 Å². The first kappa shape index (κ1) is 11.0. The molecule has 0 radical (unpaired) electrons. The highest BCUT2D eigenvalue weighted by Gasteiger charge is 2.15. The molecule has 2 aromatic rings. The third kappa shape index (κ3) is 2.41. The molecule has 2 heterocycles. The second-order valence-electron chi connectivity index (χ2n) is 4.00. The molecule has 1 aromatic carbocycles. The molecule has 1 aromatic heterocycles. The summed E-state index contributed by atoms with van der Waals surface area (Å²) in [6, 6.07) is 8.02. The number of nitrogens with one attached hydrogen (secondary N) is 1. The molecule has 1 unspecified atom stereocenters. The van der Waals surface area contributed by atoms with Gasteiger partial charge in [0.2, 0.25) is 5.06 Å². The summed E-state index contributed by atoms with van der Waals surface area (Å²) < 4.78 is 15.7. The van der Waals surface area contributed by atoms with Crippen molar-refractivity contribution in [1.82, 2.24) is 9.69 Å². The Hall–Kier alpha value is -1.17. The van der Waals surface area contributed by atoms with Crippen LogP contribution in [-0.4, -0.2) is 36.8 Å². The van der Waals surface area contributed by atoms with E-state index in [1.807, 2.05) is 24.3 Å². The number of morpholine rings is 1.